The van der Waals surface area contributed by atoms with E-state index in [0.29, 0.717) is 0 Å². The number of rotatable bonds is 13. The van der Waals surface area contributed by atoms with Crippen LogP contribution in [-0.2, 0) is 28.2 Å². The van der Waals surface area contributed by atoms with Crippen molar-refractivity contribution >= 4 is 42.7 Å². The molecule has 0 aliphatic heterocycles. The van der Waals surface area contributed by atoms with Crippen LogP contribution in [0.5, 0.6) is 0 Å². The summed E-state index contributed by atoms with van der Waals surface area (Å²) in [5.74, 6) is -1.43. The molecule has 0 aromatic heterocycles. The van der Waals surface area contributed by atoms with Crippen LogP contribution in [0.25, 0.3) is 0 Å². The second kappa shape index (κ2) is 11.4. The molecule has 168 valence electrons. The Kier molecular flexibility index (Phi) is 11.0. The molecule has 0 aromatic rings. The van der Waals surface area contributed by atoms with Gasteiger partial charge in [-0.05, 0) is 37.0 Å². The van der Waals surface area contributed by atoms with Crippen LogP contribution >= 0.6 is 30.8 Å². The Labute approximate surface area is 179 Å². The molecule has 13 heteroatoms. The average Bonchev–Trinajstić information content (AvgIpc) is 2.54. The normalized spacial score (nSPS) is 16.8. The molecule has 3 unspecified atom stereocenters. The maximum absolute atomic E-state index is 12.3. The molecule has 0 radical (unpaired) electrons. The number of alkyl halides is 2. The highest BCUT2D eigenvalue weighted by Gasteiger charge is 2.50. The molecule has 3 N–H and O–H groups in total. The number of carbonyl (C=O) groups excluding carboxylic acids is 2. The molecule has 0 amide bonds. The number of hydrogen-bond acceptors (Lipinski definition) is 8. The number of halogens is 2. The second-order valence-corrected chi connectivity index (χ2v) is 9.71. The maximum Gasteiger partial charge on any atom is 0.382 e. The molecule has 29 heavy (non-hydrogen) atoms. The number of aliphatic hydroxyl groups excluding tert-OH is 1. The van der Waals surface area contributed by atoms with Crippen molar-refractivity contribution in [2.45, 2.75) is 24.6 Å². The Balaban J connectivity index is 4.96. The van der Waals surface area contributed by atoms with E-state index in [4.69, 9.17) is 37.2 Å². The molecule has 0 aliphatic carbocycles. The predicted octanol–water partition coefficient (Wildman–Crippen LogP) is 1.27. The minimum atomic E-state index is -4.41. The van der Waals surface area contributed by atoms with Gasteiger partial charge in [-0.2, -0.15) is 0 Å². The highest BCUT2D eigenvalue weighted by Crippen LogP contribution is 2.47. The van der Waals surface area contributed by atoms with Gasteiger partial charge in [0.25, 0.3) is 0 Å². The van der Waals surface area contributed by atoms with E-state index in [1.54, 1.807) is 0 Å². The molecule has 3 atom stereocenters. The largest absolute Gasteiger partial charge is 0.460 e. The molecule has 0 fully saturated rings. The lowest BCUT2D eigenvalue weighted by atomic mass is 10.3. The number of nitrogens with zero attached hydrogens (tertiary/aromatic N) is 1. The molecule has 0 heterocycles. The molecule has 0 rings (SSSR count). The van der Waals surface area contributed by atoms with E-state index in [-0.39, 0.29) is 17.8 Å². The second-order valence-electron chi connectivity index (χ2n) is 6.65. The quantitative estimate of drug-likeness (QED) is 0.0521. The van der Waals surface area contributed by atoms with Crippen molar-refractivity contribution in [1.82, 2.24) is 0 Å². The van der Waals surface area contributed by atoms with Crippen molar-refractivity contribution in [3.8, 4) is 0 Å². The summed E-state index contributed by atoms with van der Waals surface area (Å²) in [5.41, 5.74) is 0.262. The van der Waals surface area contributed by atoms with Gasteiger partial charge in [0.15, 0.2) is 6.29 Å². The maximum atomic E-state index is 12.3. The summed E-state index contributed by atoms with van der Waals surface area (Å²) in [6.07, 6.45) is -2.19. The summed E-state index contributed by atoms with van der Waals surface area (Å²) in [4.78, 5) is 32.7. The number of carbonyl (C=O) groups is 2. The van der Waals surface area contributed by atoms with E-state index in [9.17, 15) is 29.3 Å². The minimum absolute atomic E-state index is 0.112. The summed E-state index contributed by atoms with van der Waals surface area (Å²) in [5, 5.41) is 20.1. The highest BCUT2D eigenvalue weighted by molar-refractivity contribution is 7.52. The number of quaternary nitrogens is 1. The van der Waals surface area contributed by atoms with Gasteiger partial charge < -0.3 is 29.1 Å². The number of aliphatic hydroxyl groups is 2. The van der Waals surface area contributed by atoms with Crippen LogP contribution in [-0.4, -0.2) is 82.0 Å². The van der Waals surface area contributed by atoms with Crippen molar-refractivity contribution in [3.05, 3.63) is 24.3 Å². The predicted molar refractivity (Wildman–Crippen MR) is 106 cm³/mol. The van der Waals surface area contributed by atoms with Crippen molar-refractivity contribution in [2.75, 3.05) is 39.7 Å². The fourth-order valence-electron chi connectivity index (χ4n) is 1.94. The van der Waals surface area contributed by atoms with E-state index in [1.165, 1.54) is 20.9 Å². The lowest BCUT2D eigenvalue weighted by Crippen LogP contribution is -2.60. The van der Waals surface area contributed by atoms with Crippen LogP contribution in [0.2, 0.25) is 0 Å². The highest BCUT2D eigenvalue weighted by atomic mass is 35.5. The van der Waals surface area contributed by atoms with E-state index < -0.39 is 60.8 Å². The summed E-state index contributed by atoms with van der Waals surface area (Å²) in [6.45, 7) is 7.93. The Hall–Kier alpha value is -0.970. The summed E-state index contributed by atoms with van der Waals surface area (Å²) < 4.78 is 23.2. The molecule has 0 spiro atoms. The van der Waals surface area contributed by atoms with Gasteiger partial charge in [-0.25, -0.2) is 9.59 Å². The lowest BCUT2D eigenvalue weighted by molar-refractivity contribution is -0.945. The fraction of sp³-hybridized carbons (Fsp3) is 0.625. The monoisotopic (exact) mass is 478 g/mol. The van der Waals surface area contributed by atoms with Gasteiger partial charge in [-0.15, -0.1) is 0 Å². The molecular formula is C16H27Cl2NO9P+. The molecule has 0 saturated heterocycles. The summed E-state index contributed by atoms with van der Waals surface area (Å²) in [7, 11) is -3.22. The molecule has 0 bridgehead atoms. The van der Waals surface area contributed by atoms with Crippen LogP contribution in [0.1, 0.15) is 13.8 Å². The van der Waals surface area contributed by atoms with Crippen LogP contribution in [0.3, 0.4) is 0 Å². The van der Waals surface area contributed by atoms with Crippen LogP contribution in [0.4, 0.5) is 0 Å². The van der Waals surface area contributed by atoms with E-state index in [2.05, 4.69) is 13.2 Å². The topological polar surface area (TPSA) is 140 Å². The summed E-state index contributed by atoms with van der Waals surface area (Å²) in [6, 6.07) is 0. The average molecular weight is 479 g/mol. The van der Waals surface area contributed by atoms with Gasteiger partial charge in [0.05, 0.1) is 13.7 Å². The number of ether oxygens (including phenoxy) is 2. The molecule has 0 aliphatic rings. The first kappa shape index (κ1) is 28.0. The Bertz CT molecular complexity index is 680. The van der Waals surface area contributed by atoms with Gasteiger partial charge in [-0.1, -0.05) is 13.2 Å². The van der Waals surface area contributed by atoms with E-state index in [0.717, 1.165) is 0 Å². The first-order valence-electron chi connectivity index (χ1n) is 8.25. The van der Waals surface area contributed by atoms with Gasteiger partial charge in [0.2, 0.25) is 0 Å². The minimum Gasteiger partial charge on any atom is -0.460 e. The number of esters is 2. The van der Waals surface area contributed by atoms with Crippen LogP contribution in [0, 0.1) is 0 Å². The number of likely N-dealkylation sites (N-methyl/N-ethyl adjacent to an activating group) is 1. The van der Waals surface area contributed by atoms with Gasteiger partial charge in [-0.3, -0.25) is 9.05 Å². The van der Waals surface area contributed by atoms with E-state index in [1.807, 2.05) is 0 Å². The van der Waals surface area contributed by atoms with Crippen molar-refractivity contribution in [3.63, 3.8) is 0 Å². The molecular weight excluding hydrogens is 452 g/mol. The zero-order chi connectivity index (χ0) is 23.0. The van der Waals surface area contributed by atoms with Crippen molar-refractivity contribution in [1.29, 1.82) is 0 Å². The van der Waals surface area contributed by atoms with E-state index >= 15 is 0 Å². The zero-order valence-corrected chi connectivity index (χ0v) is 18.9. The van der Waals surface area contributed by atoms with Crippen LogP contribution in [0.15, 0.2) is 24.3 Å². The van der Waals surface area contributed by atoms with Crippen LogP contribution < -0.4 is 0 Å². The van der Waals surface area contributed by atoms with Crippen molar-refractivity contribution in [2.24, 2.45) is 0 Å². The third kappa shape index (κ3) is 10.6. The first-order chi connectivity index (χ1) is 13.0. The smallest absolute Gasteiger partial charge is 0.382 e. The zero-order valence-electron chi connectivity index (χ0n) is 16.5. The third-order valence-electron chi connectivity index (χ3n) is 3.47. The molecule has 0 aromatic carbocycles. The fourth-order valence-corrected chi connectivity index (χ4v) is 3.91. The lowest BCUT2D eigenvalue weighted by Gasteiger charge is -2.41. The Morgan fingerprint density at radius 2 is 1.62 bits per heavy atom. The molecule has 10 nitrogen and oxygen atoms in total. The summed E-state index contributed by atoms with van der Waals surface area (Å²) >= 11 is 11.5. The Morgan fingerprint density at radius 1 is 1.14 bits per heavy atom. The van der Waals surface area contributed by atoms with Gasteiger partial charge in [0.1, 0.15) is 25.9 Å². The van der Waals surface area contributed by atoms with Crippen molar-refractivity contribution < 1.29 is 47.7 Å². The van der Waals surface area contributed by atoms with Gasteiger partial charge in [0, 0.05) is 11.1 Å². The SMILES string of the molecule is C=C(C)C(=O)OCCOP(=O)(O)C[N+](C)(CC(O)COC(=O)C(=C)C)C(O)(Cl)Cl. The first-order valence-corrected chi connectivity index (χ1v) is 10.8. The number of hydrogen-bond donors (Lipinski definition) is 3. The standard InChI is InChI=1S/C16H26Cl2NO9P/c1-11(2)14(21)26-6-7-28-29(24,25)10-19(5,16(17,18)23)8-13(20)9-27-15(22)12(3)4/h13,20,23H,1,3,6-10H2,2,4-5H3/p+1. The Morgan fingerprint density at radius 3 is 2.07 bits per heavy atom. The molecule has 0 saturated carbocycles. The third-order valence-corrected chi connectivity index (χ3v) is 5.85. The van der Waals surface area contributed by atoms with Gasteiger partial charge >= 0.3 is 24.2 Å².